The zero-order valence-electron chi connectivity index (χ0n) is 14.4. The summed E-state index contributed by atoms with van der Waals surface area (Å²) < 4.78 is 35.3. The lowest BCUT2D eigenvalue weighted by Crippen LogP contribution is -2.10. The molecule has 1 heterocycles. The Kier molecular flexibility index (Phi) is 5.18. The molecule has 0 spiro atoms. The van der Waals surface area contributed by atoms with Crippen molar-refractivity contribution in [3.05, 3.63) is 72.2 Å². The summed E-state index contributed by atoms with van der Waals surface area (Å²) in [5, 5.41) is 12.4. The molecular weight excluding hydrogens is 370 g/mol. The van der Waals surface area contributed by atoms with Gasteiger partial charge in [0, 0.05) is 12.3 Å². The van der Waals surface area contributed by atoms with Crippen LogP contribution in [-0.4, -0.2) is 25.7 Å². The molecule has 8 heteroatoms. The third kappa shape index (κ3) is 4.48. The maximum atomic E-state index is 12.2. The van der Waals surface area contributed by atoms with E-state index in [9.17, 15) is 18.3 Å². The van der Waals surface area contributed by atoms with Crippen LogP contribution in [-0.2, 0) is 16.4 Å². The summed E-state index contributed by atoms with van der Waals surface area (Å²) in [6.45, 7) is 0.232. The van der Waals surface area contributed by atoms with Gasteiger partial charge in [-0.15, -0.1) is 0 Å². The smallest absolute Gasteiger partial charge is 0.337 e. The number of rotatable bonds is 7. The third-order valence-corrected chi connectivity index (χ3v) is 4.84. The predicted octanol–water partition coefficient (Wildman–Crippen LogP) is 3.79. The Morgan fingerprint density at radius 2 is 1.89 bits per heavy atom. The second-order valence-corrected chi connectivity index (χ2v) is 7.75. The van der Waals surface area contributed by atoms with E-state index < -0.39 is 15.8 Å². The number of benzene rings is 2. The van der Waals surface area contributed by atoms with E-state index in [1.807, 2.05) is 0 Å². The molecule has 0 saturated heterocycles. The molecule has 0 fully saturated rings. The Morgan fingerprint density at radius 1 is 1.15 bits per heavy atom. The van der Waals surface area contributed by atoms with Crippen LogP contribution in [0.3, 0.4) is 0 Å². The summed E-state index contributed by atoms with van der Waals surface area (Å²) in [6, 6.07) is 14.6. The van der Waals surface area contributed by atoms with E-state index in [-0.39, 0.29) is 28.4 Å². The molecule has 1 aromatic heterocycles. The molecular formula is C19H17NO6S. The maximum absolute atomic E-state index is 12.2. The van der Waals surface area contributed by atoms with Crippen LogP contribution in [0.5, 0.6) is 11.5 Å². The average molecular weight is 387 g/mol. The van der Waals surface area contributed by atoms with Gasteiger partial charge in [0.1, 0.15) is 22.2 Å². The topological polar surface area (TPSA) is 106 Å². The Bertz CT molecular complexity index is 1040. The SMILES string of the molecule is CS(=O)(=O)c1cc(C(=O)O)c(NCc2ccco2)cc1Oc1ccccc1. The number of carboxylic acid groups (broad SMARTS) is 1. The molecule has 0 radical (unpaired) electrons. The lowest BCUT2D eigenvalue weighted by molar-refractivity contribution is 0.0697. The van der Waals surface area contributed by atoms with E-state index in [0.717, 1.165) is 12.3 Å². The molecule has 27 heavy (non-hydrogen) atoms. The number of aromatic carboxylic acids is 1. The van der Waals surface area contributed by atoms with Crippen LogP contribution in [0.1, 0.15) is 16.1 Å². The largest absolute Gasteiger partial charge is 0.478 e. The van der Waals surface area contributed by atoms with Gasteiger partial charge in [-0.05, 0) is 30.3 Å². The first-order valence-corrected chi connectivity index (χ1v) is 9.84. The first-order valence-electron chi connectivity index (χ1n) is 7.95. The number of carboxylic acids is 1. The van der Waals surface area contributed by atoms with Crippen LogP contribution in [0.15, 0.2) is 70.2 Å². The highest BCUT2D eigenvalue weighted by Crippen LogP contribution is 2.34. The number of anilines is 1. The van der Waals surface area contributed by atoms with Crippen molar-refractivity contribution >= 4 is 21.5 Å². The van der Waals surface area contributed by atoms with Crippen LogP contribution >= 0.6 is 0 Å². The highest BCUT2D eigenvalue weighted by molar-refractivity contribution is 7.90. The molecule has 0 aliphatic carbocycles. The molecule has 0 saturated carbocycles. The fourth-order valence-corrected chi connectivity index (χ4v) is 3.26. The summed E-state index contributed by atoms with van der Waals surface area (Å²) in [6.07, 6.45) is 2.51. The minimum absolute atomic E-state index is 0.0376. The van der Waals surface area contributed by atoms with Crippen molar-refractivity contribution in [2.45, 2.75) is 11.4 Å². The Hall–Kier alpha value is -3.26. The second-order valence-electron chi connectivity index (χ2n) is 5.77. The molecule has 0 amide bonds. The summed E-state index contributed by atoms with van der Waals surface area (Å²) >= 11 is 0. The van der Waals surface area contributed by atoms with E-state index in [1.165, 1.54) is 12.3 Å². The summed E-state index contributed by atoms with van der Waals surface area (Å²) in [4.78, 5) is 11.4. The zero-order chi connectivity index (χ0) is 19.4. The van der Waals surface area contributed by atoms with Gasteiger partial charge in [0.2, 0.25) is 0 Å². The minimum Gasteiger partial charge on any atom is -0.478 e. The first kappa shape index (κ1) is 18.5. The summed E-state index contributed by atoms with van der Waals surface area (Å²) in [5.74, 6) is -0.185. The van der Waals surface area contributed by atoms with Gasteiger partial charge in [0.15, 0.2) is 9.84 Å². The van der Waals surface area contributed by atoms with Crippen molar-refractivity contribution in [2.75, 3.05) is 11.6 Å². The van der Waals surface area contributed by atoms with Crippen molar-refractivity contribution in [1.82, 2.24) is 0 Å². The van der Waals surface area contributed by atoms with E-state index in [0.29, 0.717) is 11.5 Å². The molecule has 140 valence electrons. The number of para-hydroxylation sites is 1. The molecule has 3 rings (SSSR count). The fourth-order valence-electron chi connectivity index (χ4n) is 2.46. The fraction of sp³-hybridized carbons (Fsp3) is 0.105. The normalized spacial score (nSPS) is 11.1. The first-order chi connectivity index (χ1) is 12.8. The highest BCUT2D eigenvalue weighted by Gasteiger charge is 2.22. The second kappa shape index (κ2) is 7.55. The minimum atomic E-state index is -3.72. The predicted molar refractivity (Wildman–Crippen MR) is 99.1 cm³/mol. The lowest BCUT2D eigenvalue weighted by atomic mass is 10.1. The van der Waals surface area contributed by atoms with Gasteiger partial charge in [-0.25, -0.2) is 13.2 Å². The van der Waals surface area contributed by atoms with Crippen molar-refractivity contribution in [1.29, 1.82) is 0 Å². The van der Waals surface area contributed by atoms with Crippen LogP contribution in [0, 0.1) is 0 Å². The van der Waals surface area contributed by atoms with E-state index in [2.05, 4.69) is 5.32 Å². The Morgan fingerprint density at radius 3 is 2.48 bits per heavy atom. The van der Waals surface area contributed by atoms with Gasteiger partial charge >= 0.3 is 5.97 Å². The Labute approximate surface area is 156 Å². The van der Waals surface area contributed by atoms with Gasteiger partial charge in [0.05, 0.1) is 24.1 Å². The summed E-state index contributed by atoms with van der Waals surface area (Å²) in [7, 11) is -3.72. The van der Waals surface area contributed by atoms with E-state index in [1.54, 1.807) is 42.5 Å². The van der Waals surface area contributed by atoms with Crippen LogP contribution in [0.2, 0.25) is 0 Å². The van der Waals surface area contributed by atoms with Gasteiger partial charge in [-0.2, -0.15) is 0 Å². The maximum Gasteiger partial charge on any atom is 0.337 e. The van der Waals surface area contributed by atoms with Crippen LogP contribution < -0.4 is 10.1 Å². The zero-order valence-corrected chi connectivity index (χ0v) is 15.2. The molecule has 0 atom stereocenters. The van der Waals surface area contributed by atoms with E-state index >= 15 is 0 Å². The number of furan rings is 1. The van der Waals surface area contributed by atoms with Crippen molar-refractivity contribution < 1.29 is 27.5 Å². The number of hydrogen-bond donors (Lipinski definition) is 2. The van der Waals surface area contributed by atoms with Gasteiger partial charge in [0.25, 0.3) is 0 Å². The molecule has 0 bridgehead atoms. The van der Waals surface area contributed by atoms with Crippen molar-refractivity contribution in [3.63, 3.8) is 0 Å². The molecule has 2 N–H and O–H groups in total. The number of nitrogens with one attached hydrogen (secondary N) is 1. The molecule has 0 unspecified atom stereocenters. The monoisotopic (exact) mass is 387 g/mol. The molecule has 7 nitrogen and oxygen atoms in total. The molecule has 0 aliphatic rings. The van der Waals surface area contributed by atoms with E-state index in [4.69, 9.17) is 9.15 Å². The number of sulfone groups is 1. The molecule has 3 aromatic rings. The highest BCUT2D eigenvalue weighted by atomic mass is 32.2. The van der Waals surface area contributed by atoms with Crippen molar-refractivity contribution in [3.8, 4) is 11.5 Å². The number of hydrogen-bond acceptors (Lipinski definition) is 6. The number of ether oxygens (including phenoxy) is 1. The molecule has 2 aromatic carbocycles. The lowest BCUT2D eigenvalue weighted by Gasteiger charge is -2.15. The number of carbonyl (C=O) groups is 1. The molecule has 0 aliphatic heterocycles. The van der Waals surface area contributed by atoms with Gasteiger partial charge in [-0.1, -0.05) is 18.2 Å². The van der Waals surface area contributed by atoms with Crippen LogP contribution in [0.4, 0.5) is 5.69 Å². The van der Waals surface area contributed by atoms with Gasteiger partial charge in [-0.3, -0.25) is 0 Å². The van der Waals surface area contributed by atoms with Gasteiger partial charge < -0.3 is 19.6 Å². The Balaban J connectivity index is 2.05. The summed E-state index contributed by atoms with van der Waals surface area (Å²) in [5.41, 5.74) is 0.0413. The standard InChI is InChI=1S/C19H17NO6S/c1-27(23,24)18-10-15(19(21)22)16(20-12-14-8-5-9-25-14)11-17(18)26-13-6-3-2-4-7-13/h2-11,20H,12H2,1H3,(H,21,22). The quantitative estimate of drug-likeness (QED) is 0.635. The van der Waals surface area contributed by atoms with Crippen LogP contribution in [0.25, 0.3) is 0 Å². The third-order valence-electron chi connectivity index (χ3n) is 3.72. The van der Waals surface area contributed by atoms with Crippen molar-refractivity contribution in [2.24, 2.45) is 0 Å². The average Bonchev–Trinajstić information content (AvgIpc) is 3.13.